The minimum Gasteiger partial charge on any atom is -0.490 e. The van der Waals surface area contributed by atoms with Crippen molar-refractivity contribution in [2.45, 2.75) is 39.5 Å². The Morgan fingerprint density at radius 3 is 2.36 bits per heavy atom. The first kappa shape index (κ1) is 25.7. The second-order valence-electron chi connectivity index (χ2n) is 9.00. The Balaban J connectivity index is 1.48. The Bertz CT molecular complexity index is 1330. The fourth-order valence-corrected chi connectivity index (χ4v) is 4.32. The van der Waals surface area contributed by atoms with Gasteiger partial charge in [0.1, 0.15) is 5.82 Å². The van der Waals surface area contributed by atoms with Crippen LogP contribution in [0.15, 0.2) is 54.6 Å². The summed E-state index contributed by atoms with van der Waals surface area (Å²) < 4.78 is 77.0. The standard InChI is InChI=1S/C30H27F5O/c1-3-16-36-26-15-14-24(29(34)30(26)35)23-13-12-22(17-25(23)31)20-9-5-19(6-10-20)7-11-21-8-4-18(2)27(32)28(21)33/h4,7-9,11-15,17,19H,3,5-6,10,16H2,1-2H3/b11-7+. The lowest BCUT2D eigenvalue weighted by Crippen LogP contribution is -2.04. The molecular weight excluding hydrogens is 471 g/mol. The summed E-state index contributed by atoms with van der Waals surface area (Å²) in [5.74, 6) is -4.66. The highest BCUT2D eigenvalue weighted by atomic mass is 19.2. The van der Waals surface area contributed by atoms with Crippen molar-refractivity contribution in [1.29, 1.82) is 0 Å². The predicted molar refractivity (Wildman–Crippen MR) is 133 cm³/mol. The third kappa shape index (κ3) is 5.38. The van der Waals surface area contributed by atoms with Crippen LogP contribution in [0.1, 0.15) is 49.3 Å². The van der Waals surface area contributed by atoms with E-state index >= 15 is 0 Å². The number of allylic oxidation sites excluding steroid dienone is 3. The van der Waals surface area contributed by atoms with Crippen LogP contribution in [-0.2, 0) is 0 Å². The second kappa shape index (κ2) is 11.1. The van der Waals surface area contributed by atoms with Gasteiger partial charge in [0.2, 0.25) is 5.82 Å². The molecule has 1 nitrogen and oxygen atoms in total. The van der Waals surface area contributed by atoms with Crippen LogP contribution in [0.25, 0.3) is 22.8 Å². The average molecular weight is 499 g/mol. The van der Waals surface area contributed by atoms with E-state index in [4.69, 9.17) is 4.74 Å². The Labute approximate surface area is 207 Å². The fraction of sp³-hybridized carbons (Fsp3) is 0.267. The van der Waals surface area contributed by atoms with Crippen LogP contribution >= 0.6 is 0 Å². The van der Waals surface area contributed by atoms with Gasteiger partial charge in [0.25, 0.3) is 0 Å². The van der Waals surface area contributed by atoms with Gasteiger partial charge >= 0.3 is 0 Å². The molecule has 0 aromatic heterocycles. The first-order chi connectivity index (χ1) is 17.3. The molecule has 0 aliphatic heterocycles. The highest BCUT2D eigenvalue weighted by molar-refractivity contribution is 5.72. The molecule has 0 saturated carbocycles. The molecule has 4 rings (SSSR count). The number of ether oxygens (including phenoxy) is 1. The van der Waals surface area contributed by atoms with Gasteiger partial charge in [-0.2, -0.15) is 4.39 Å². The molecule has 0 radical (unpaired) electrons. The number of halogens is 5. The monoisotopic (exact) mass is 498 g/mol. The van der Waals surface area contributed by atoms with E-state index in [0.717, 1.165) is 12.0 Å². The highest BCUT2D eigenvalue weighted by Gasteiger charge is 2.20. The summed E-state index contributed by atoms with van der Waals surface area (Å²) in [6.07, 6.45) is 8.23. The maximum Gasteiger partial charge on any atom is 0.201 e. The van der Waals surface area contributed by atoms with Gasteiger partial charge in [0.15, 0.2) is 23.2 Å². The molecule has 0 amide bonds. The van der Waals surface area contributed by atoms with Crippen LogP contribution in [0.4, 0.5) is 22.0 Å². The molecule has 0 spiro atoms. The zero-order valence-electron chi connectivity index (χ0n) is 20.2. The first-order valence-electron chi connectivity index (χ1n) is 12.0. The summed E-state index contributed by atoms with van der Waals surface area (Å²) in [4.78, 5) is 0. The molecule has 0 saturated heterocycles. The topological polar surface area (TPSA) is 9.23 Å². The van der Waals surface area contributed by atoms with Crippen LogP contribution in [-0.4, -0.2) is 6.61 Å². The molecule has 1 atom stereocenters. The number of hydrogen-bond acceptors (Lipinski definition) is 1. The first-order valence-corrected chi connectivity index (χ1v) is 12.0. The number of hydrogen-bond donors (Lipinski definition) is 0. The minimum atomic E-state index is -1.15. The zero-order valence-corrected chi connectivity index (χ0v) is 20.2. The summed E-state index contributed by atoms with van der Waals surface area (Å²) in [6.45, 7) is 3.63. The van der Waals surface area contributed by atoms with Crippen molar-refractivity contribution in [2.24, 2.45) is 5.92 Å². The molecule has 0 N–H and O–H groups in total. The SMILES string of the molecule is CCCOc1ccc(-c2ccc(C3=CCC(/C=C/c4ccc(C)c(F)c4F)CC3)cc2F)c(F)c1F. The van der Waals surface area contributed by atoms with E-state index in [1.54, 1.807) is 24.3 Å². The largest absolute Gasteiger partial charge is 0.490 e. The average Bonchev–Trinajstić information content (AvgIpc) is 2.88. The fourth-order valence-electron chi connectivity index (χ4n) is 4.32. The Kier molecular flexibility index (Phi) is 7.92. The van der Waals surface area contributed by atoms with Crippen molar-refractivity contribution >= 4 is 11.6 Å². The van der Waals surface area contributed by atoms with Crippen LogP contribution in [0.2, 0.25) is 0 Å². The van der Waals surface area contributed by atoms with Gasteiger partial charge in [-0.15, -0.1) is 0 Å². The van der Waals surface area contributed by atoms with Crippen molar-refractivity contribution in [3.8, 4) is 16.9 Å². The molecule has 0 bridgehead atoms. The van der Waals surface area contributed by atoms with E-state index in [-0.39, 0.29) is 40.5 Å². The Morgan fingerprint density at radius 2 is 1.67 bits per heavy atom. The van der Waals surface area contributed by atoms with Crippen LogP contribution in [0.5, 0.6) is 5.75 Å². The molecule has 188 valence electrons. The van der Waals surface area contributed by atoms with E-state index in [0.29, 0.717) is 24.8 Å². The summed E-state index contributed by atoms with van der Waals surface area (Å²) in [7, 11) is 0. The highest BCUT2D eigenvalue weighted by Crippen LogP contribution is 2.35. The predicted octanol–water partition coefficient (Wildman–Crippen LogP) is 9.04. The van der Waals surface area contributed by atoms with E-state index in [1.165, 1.54) is 31.2 Å². The Hall–Kier alpha value is -3.41. The third-order valence-corrected chi connectivity index (χ3v) is 6.44. The van der Waals surface area contributed by atoms with Crippen molar-refractivity contribution in [2.75, 3.05) is 6.61 Å². The number of benzene rings is 3. The van der Waals surface area contributed by atoms with Gasteiger partial charge in [-0.25, -0.2) is 17.6 Å². The molecule has 36 heavy (non-hydrogen) atoms. The number of aryl methyl sites for hydroxylation is 1. The van der Waals surface area contributed by atoms with Gasteiger partial charge < -0.3 is 4.74 Å². The summed E-state index contributed by atoms with van der Waals surface area (Å²) >= 11 is 0. The summed E-state index contributed by atoms with van der Waals surface area (Å²) in [6, 6.07) is 10.2. The second-order valence-corrected chi connectivity index (χ2v) is 9.00. The molecular formula is C30H27F5O. The molecule has 1 unspecified atom stereocenters. The lowest BCUT2D eigenvalue weighted by Gasteiger charge is -2.20. The van der Waals surface area contributed by atoms with Gasteiger partial charge in [-0.3, -0.25) is 0 Å². The van der Waals surface area contributed by atoms with E-state index in [2.05, 4.69) is 0 Å². The smallest absolute Gasteiger partial charge is 0.201 e. The maximum atomic E-state index is 15.0. The van der Waals surface area contributed by atoms with Crippen LogP contribution < -0.4 is 4.74 Å². The molecule has 3 aromatic carbocycles. The maximum absolute atomic E-state index is 15.0. The number of rotatable bonds is 7. The van der Waals surface area contributed by atoms with Gasteiger partial charge in [-0.1, -0.05) is 49.4 Å². The third-order valence-electron chi connectivity index (χ3n) is 6.44. The molecule has 0 fully saturated rings. The van der Waals surface area contributed by atoms with Crippen molar-refractivity contribution in [1.82, 2.24) is 0 Å². The minimum absolute atomic E-state index is 0.0261. The summed E-state index contributed by atoms with van der Waals surface area (Å²) in [5, 5.41) is 0. The molecule has 3 aromatic rings. The molecule has 6 heteroatoms. The van der Waals surface area contributed by atoms with Crippen molar-refractivity contribution < 1.29 is 26.7 Å². The zero-order chi connectivity index (χ0) is 25.8. The Morgan fingerprint density at radius 1 is 0.889 bits per heavy atom. The molecule has 0 heterocycles. The van der Waals surface area contributed by atoms with Crippen molar-refractivity contribution in [3.63, 3.8) is 0 Å². The summed E-state index contributed by atoms with van der Waals surface area (Å²) in [5.41, 5.74) is 1.91. The van der Waals surface area contributed by atoms with Crippen LogP contribution in [0, 0.1) is 41.9 Å². The van der Waals surface area contributed by atoms with Gasteiger partial charge in [0, 0.05) is 16.7 Å². The normalized spacial score (nSPS) is 15.9. The van der Waals surface area contributed by atoms with E-state index in [1.807, 2.05) is 19.1 Å². The van der Waals surface area contributed by atoms with E-state index < -0.39 is 29.1 Å². The van der Waals surface area contributed by atoms with Crippen molar-refractivity contribution in [3.05, 3.63) is 100 Å². The van der Waals surface area contributed by atoms with Crippen LogP contribution in [0.3, 0.4) is 0 Å². The lowest BCUT2D eigenvalue weighted by molar-refractivity contribution is 0.295. The molecule has 1 aliphatic rings. The van der Waals surface area contributed by atoms with E-state index in [9.17, 15) is 22.0 Å². The lowest BCUT2D eigenvalue weighted by atomic mass is 9.85. The quantitative estimate of drug-likeness (QED) is 0.295. The molecule has 1 aliphatic carbocycles. The van der Waals surface area contributed by atoms with Gasteiger partial charge in [0.05, 0.1) is 6.61 Å². The van der Waals surface area contributed by atoms with Gasteiger partial charge in [-0.05, 0) is 73.4 Å².